The molecule has 0 bridgehead atoms. The largest absolute Gasteiger partial charge is 0.349 e. The van der Waals surface area contributed by atoms with Crippen molar-refractivity contribution in [3.8, 4) is 11.3 Å². The number of nitrogens with one attached hydrogen (secondary N) is 2. The van der Waals surface area contributed by atoms with E-state index in [0.29, 0.717) is 18.3 Å². The molecule has 6 heteroatoms. The first-order chi connectivity index (χ1) is 10.8. The van der Waals surface area contributed by atoms with E-state index in [-0.39, 0.29) is 5.91 Å². The van der Waals surface area contributed by atoms with E-state index >= 15 is 0 Å². The number of pyridine rings is 1. The average Bonchev–Trinajstić information content (AvgIpc) is 3.22. The van der Waals surface area contributed by atoms with Gasteiger partial charge in [0.15, 0.2) is 0 Å². The van der Waals surface area contributed by atoms with Crippen LogP contribution in [0, 0.1) is 0 Å². The third-order valence-electron chi connectivity index (χ3n) is 4.18. The lowest BCUT2D eigenvalue weighted by Crippen LogP contribution is -2.40. The topological polar surface area (TPSA) is 73.9 Å². The van der Waals surface area contributed by atoms with Crippen LogP contribution in [0.25, 0.3) is 11.3 Å². The van der Waals surface area contributed by atoms with Crippen molar-refractivity contribution in [1.29, 1.82) is 0 Å². The maximum atomic E-state index is 12.2. The Kier molecular flexibility index (Phi) is 4.48. The summed E-state index contributed by atoms with van der Waals surface area (Å²) in [6.45, 7) is 5.02. The summed E-state index contributed by atoms with van der Waals surface area (Å²) in [5.74, 6) is -0.106. The van der Waals surface area contributed by atoms with Crippen molar-refractivity contribution < 1.29 is 4.79 Å². The van der Waals surface area contributed by atoms with Crippen molar-refractivity contribution in [2.24, 2.45) is 0 Å². The van der Waals surface area contributed by atoms with Crippen LogP contribution in [0.5, 0.6) is 0 Å². The van der Waals surface area contributed by atoms with Crippen molar-refractivity contribution in [1.82, 2.24) is 25.4 Å². The van der Waals surface area contributed by atoms with Gasteiger partial charge in [0.25, 0.3) is 5.91 Å². The fourth-order valence-corrected chi connectivity index (χ4v) is 2.95. The summed E-state index contributed by atoms with van der Waals surface area (Å²) < 4.78 is 0. The van der Waals surface area contributed by atoms with Gasteiger partial charge < -0.3 is 5.32 Å². The molecule has 22 heavy (non-hydrogen) atoms. The number of rotatable bonds is 5. The van der Waals surface area contributed by atoms with Crippen LogP contribution in [0.4, 0.5) is 0 Å². The number of likely N-dealkylation sites (N-methyl/N-ethyl adjacent to an activating group) is 1. The van der Waals surface area contributed by atoms with Crippen LogP contribution in [0.3, 0.4) is 0 Å². The second kappa shape index (κ2) is 6.70. The van der Waals surface area contributed by atoms with Gasteiger partial charge in [0.05, 0.1) is 5.69 Å². The number of hydrogen-bond acceptors (Lipinski definition) is 4. The standard InChI is InChI=1S/C16H21N5O/c1-2-21-8-4-6-13(21)11-18-16(22)15-9-14(19-20-15)12-5-3-7-17-10-12/h3,5,7,9-10,13H,2,4,6,8,11H2,1H3,(H,18,22)(H,19,20)/t13-/m1/s1. The van der Waals surface area contributed by atoms with Gasteiger partial charge in [0, 0.05) is 30.5 Å². The highest BCUT2D eigenvalue weighted by atomic mass is 16.1. The molecule has 1 saturated heterocycles. The van der Waals surface area contributed by atoms with Gasteiger partial charge >= 0.3 is 0 Å². The van der Waals surface area contributed by atoms with Crippen molar-refractivity contribution in [2.75, 3.05) is 19.6 Å². The molecule has 6 nitrogen and oxygen atoms in total. The van der Waals surface area contributed by atoms with Gasteiger partial charge in [-0.25, -0.2) is 0 Å². The van der Waals surface area contributed by atoms with Gasteiger partial charge in [0.1, 0.15) is 5.69 Å². The Balaban J connectivity index is 1.60. The molecule has 2 aromatic heterocycles. The van der Waals surface area contributed by atoms with Crippen LogP contribution >= 0.6 is 0 Å². The third-order valence-corrected chi connectivity index (χ3v) is 4.18. The number of H-pyrrole nitrogens is 1. The van der Waals surface area contributed by atoms with E-state index in [0.717, 1.165) is 30.8 Å². The number of carbonyl (C=O) groups excluding carboxylic acids is 1. The lowest BCUT2D eigenvalue weighted by atomic mass is 10.2. The zero-order valence-corrected chi connectivity index (χ0v) is 12.7. The highest BCUT2D eigenvalue weighted by Crippen LogP contribution is 2.17. The van der Waals surface area contributed by atoms with Crippen molar-refractivity contribution >= 4 is 5.91 Å². The normalized spacial score (nSPS) is 18.5. The molecule has 0 spiro atoms. The highest BCUT2D eigenvalue weighted by molar-refractivity contribution is 5.93. The molecule has 1 aliphatic rings. The zero-order chi connectivity index (χ0) is 15.4. The predicted octanol–water partition coefficient (Wildman–Crippen LogP) is 1.69. The van der Waals surface area contributed by atoms with Crippen LogP contribution in [-0.2, 0) is 0 Å². The number of hydrogen-bond donors (Lipinski definition) is 2. The van der Waals surface area contributed by atoms with E-state index in [2.05, 4.69) is 32.3 Å². The molecule has 1 amide bonds. The maximum Gasteiger partial charge on any atom is 0.269 e. The number of carbonyl (C=O) groups is 1. The molecule has 0 aromatic carbocycles. The van der Waals surface area contributed by atoms with Gasteiger partial charge in [-0.2, -0.15) is 5.10 Å². The smallest absolute Gasteiger partial charge is 0.269 e. The van der Waals surface area contributed by atoms with Gasteiger partial charge in [-0.1, -0.05) is 6.92 Å². The molecule has 0 unspecified atom stereocenters. The quantitative estimate of drug-likeness (QED) is 0.881. The average molecular weight is 299 g/mol. The lowest BCUT2D eigenvalue weighted by molar-refractivity contribution is 0.0936. The van der Waals surface area contributed by atoms with Gasteiger partial charge in [-0.05, 0) is 44.1 Å². The van der Waals surface area contributed by atoms with Gasteiger partial charge in [-0.3, -0.25) is 19.8 Å². The molecule has 116 valence electrons. The Labute approximate surface area is 129 Å². The maximum absolute atomic E-state index is 12.2. The van der Waals surface area contributed by atoms with Crippen molar-refractivity contribution in [3.63, 3.8) is 0 Å². The molecule has 1 fully saturated rings. The second-order valence-electron chi connectivity index (χ2n) is 5.54. The first-order valence-corrected chi connectivity index (χ1v) is 7.76. The van der Waals surface area contributed by atoms with Crippen LogP contribution < -0.4 is 5.32 Å². The SMILES string of the molecule is CCN1CCC[C@@H]1CNC(=O)c1cc(-c2cccnc2)n[nH]1. The number of aromatic nitrogens is 3. The molecular weight excluding hydrogens is 278 g/mol. The molecular formula is C16H21N5O. The monoisotopic (exact) mass is 299 g/mol. The van der Waals surface area contributed by atoms with E-state index in [4.69, 9.17) is 0 Å². The minimum absolute atomic E-state index is 0.106. The summed E-state index contributed by atoms with van der Waals surface area (Å²) in [6.07, 6.45) is 5.81. The zero-order valence-electron chi connectivity index (χ0n) is 12.7. The fraction of sp³-hybridized carbons (Fsp3) is 0.438. The van der Waals surface area contributed by atoms with E-state index in [9.17, 15) is 4.79 Å². The lowest BCUT2D eigenvalue weighted by Gasteiger charge is -2.22. The summed E-state index contributed by atoms with van der Waals surface area (Å²) in [5, 5.41) is 9.99. The summed E-state index contributed by atoms with van der Waals surface area (Å²) in [7, 11) is 0. The highest BCUT2D eigenvalue weighted by Gasteiger charge is 2.23. The molecule has 0 saturated carbocycles. The number of amides is 1. The minimum Gasteiger partial charge on any atom is -0.349 e. The molecule has 1 aliphatic heterocycles. The first kappa shape index (κ1) is 14.7. The summed E-state index contributed by atoms with van der Waals surface area (Å²) in [5.41, 5.74) is 2.11. The van der Waals surface area contributed by atoms with Gasteiger partial charge in [0.2, 0.25) is 0 Å². The Morgan fingerprint density at radius 1 is 1.55 bits per heavy atom. The van der Waals surface area contributed by atoms with Crippen LogP contribution in [0.2, 0.25) is 0 Å². The Hall–Kier alpha value is -2.21. The number of nitrogens with zero attached hydrogens (tertiary/aromatic N) is 3. The van der Waals surface area contributed by atoms with Crippen LogP contribution in [0.1, 0.15) is 30.3 Å². The molecule has 2 aromatic rings. The third kappa shape index (κ3) is 3.17. The predicted molar refractivity (Wildman–Crippen MR) is 84.4 cm³/mol. The summed E-state index contributed by atoms with van der Waals surface area (Å²) in [6, 6.07) is 5.99. The molecule has 2 N–H and O–H groups in total. The first-order valence-electron chi connectivity index (χ1n) is 7.76. The Bertz CT molecular complexity index is 624. The molecule has 3 heterocycles. The molecule has 1 atom stereocenters. The van der Waals surface area contributed by atoms with E-state index in [1.807, 2.05) is 12.1 Å². The molecule has 0 aliphatic carbocycles. The Morgan fingerprint density at radius 2 is 2.45 bits per heavy atom. The molecule has 0 radical (unpaired) electrons. The van der Waals surface area contributed by atoms with Crippen LogP contribution in [-0.4, -0.2) is 51.7 Å². The Morgan fingerprint density at radius 3 is 3.23 bits per heavy atom. The molecule has 3 rings (SSSR count). The van der Waals surface area contributed by atoms with E-state index in [1.165, 1.54) is 6.42 Å². The van der Waals surface area contributed by atoms with E-state index < -0.39 is 0 Å². The fourth-order valence-electron chi connectivity index (χ4n) is 2.95. The summed E-state index contributed by atoms with van der Waals surface area (Å²) >= 11 is 0. The minimum atomic E-state index is -0.106. The van der Waals surface area contributed by atoms with E-state index in [1.54, 1.807) is 18.5 Å². The summed E-state index contributed by atoms with van der Waals surface area (Å²) in [4.78, 5) is 18.7. The van der Waals surface area contributed by atoms with Crippen molar-refractivity contribution in [3.05, 3.63) is 36.3 Å². The van der Waals surface area contributed by atoms with Gasteiger partial charge in [-0.15, -0.1) is 0 Å². The number of likely N-dealkylation sites (tertiary alicyclic amines) is 1. The number of aromatic amines is 1. The second-order valence-corrected chi connectivity index (χ2v) is 5.54. The van der Waals surface area contributed by atoms with Crippen molar-refractivity contribution in [2.45, 2.75) is 25.8 Å². The van der Waals surface area contributed by atoms with Crippen LogP contribution in [0.15, 0.2) is 30.6 Å².